The van der Waals surface area contributed by atoms with Gasteiger partial charge < -0.3 is 4.57 Å². The summed E-state index contributed by atoms with van der Waals surface area (Å²) in [5.41, 5.74) is 2.08. The lowest BCUT2D eigenvalue weighted by molar-refractivity contribution is 0.568. The van der Waals surface area contributed by atoms with Gasteiger partial charge in [0.15, 0.2) is 0 Å². The van der Waals surface area contributed by atoms with Crippen LogP contribution in [0.3, 0.4) is 0 Å². The highest BCUT2D eigenvalue weighted by atomic mass is 35.5. The summed E-state index contributed by atoms with van der Waals surface area (Å²) in [7, 11) is 0. The highest BCUT2D eigenvalue weighted by Crippen LogP contribution is 2.38. The van der Waals surface area contributed by atoms with Crippen molar-refractivity contribution < 1.29 is 0 Å². The van der Waals surface area contributed by atoms with E-state index in [4.69, 9.17) is 23.2 Å². The third-order valence-corrected chi connectivity index (χ3v) is 3.38. The molecule has 1 heterocycles. The van der Waals surface area contributed by atoms with Crippen LogP contribution < -0.4 is 0 Å². The Morgan fingerprint density at radius 1 is 1.26 bits per heavy atom. The number of imidazole rings is 1. The first-order valence-corrected chi connectivity index (χ1v) is 6.78. The largest absolute Gasteiger partial charge is 0.313 e. The molecule has 0 aliphatic rings. The second-order valence-corrected chi connectivity index (χ2v) is 6.27. The maximum atomic E-state index is 6.32. The summed E-state index contributed by atoms with van der Waals surface area (Å²) < 4.78 is 1.92. The second-order valence-electron chi connectivity index (χ2n) is 5.43. The number of allylic oxidation sites excluding steroid dienone is 1. The monoisotopic (exact) mass is 294 g/mol. The van der Waals surface area contributed by atoms with Gasteiger partial charge in [0.05, 0.1) is 6.33 Å². The fraction of sp³-hybridized carbons (Fsp3) is 0.267. The first-order chi connectivity index (χ1) is 8.88. The number of hydrogen-bond donors (Lipinski definition) is 0. The first-order valence-electron chi connectivity index (χ1n) is 6.03. The predicted molar refractivity (Wildman–Crippen MR) is 82.3 cm³/mol. The average Bonchev–Trinajstić information content (AvgIpc) is 2.78. The van der Waals surface area contributed by atoms with Gasteiger partial charge in [0, 0.05) is 28.6 Å². The SMILES string of the molecule is CC(C)(C)/C(=C\n1ccnc1)c1ccc(Cl)cc1Cl. The van der Waals surface area contributed by atoms with Crippen LogP contribution in [0.15, 0.2) is 36.9 Å². The number of halogens is 2. The highest BCUT2D eigenvalue weighted by molar-refractivity contribution is 6.35. The van der Waals surface area contributed by atoms with E-state index in [9.17, 15) is 0 Å². The molecule has 19 heavy (non-hydrogen) atoms. The zero-order valence-electron chi connectivity index (χ0n) is 11.2. The van der Waals surface area contributed by atoms with Gasteiger partial charge in [-0.1, -0.05) is 50.0 Å². The first kappa shape index (κ1) is 14.2. The highest BCUT2D eigenvalue weighted by Gasteiger charge is 2.21. The smallest absolute Gasteiger partial charge is 0.0986 e. The van der Waals surface area contributed by atoms with E-state index in [0.29, 0.717) is 10.0 Å². The molecule has 2 rings (SSSR count). The Kier molecular flexibility index (Phi) is 4.02. The molecule has 0 unspecified atom stereocenters. The maximum Gasteiger partial charge on any atom is 0.0986 e. The quantitative estimate of drug-likeness (QED) is 0.741. The zero-order valence-corrected chi connectivity index (χ0v) is 12.7. The molecule has 0 aliphatic heterocycles. The molecule has 1 aromatic heterocycles. The minimum absolute atomic E-state index is 0.0399. The van der Waals surface area contributed by atoms with Crippen molar-refractivity contribution in [3.05, 3.63) is 52.5 Å². The molecule has 0 bridgehead atoms. The van der Waals surface area contributed by atoms with E-state index < -0.39 is 0 Å². The van der Waals surface area contributed by atoms with E-state index in [1.807, 2.05) is 29.1 Å². The molecule has 0 amide bonds. The van der Waals surface area contributed by atoms with Crippen LogP contribution in [0.1, 0.15) is 26.3 Å². The molecule has 2 nitrogen and oxygen atoms in total. The minimum Gasteiger partial charge on any atom is -0.313 e. The molecule has 4 heteroatoms. The molecule has 2 aromatic rings. The molecule has 0 spiro atoms. The van der Waals surface area contributed by atoms with Crippen LogP contribution in [-0.2, 0) is 0 Å². The van der Waals surface area contributed by atoms with Crippen LogP contribution in [-0.4, -0.2) is 9.55 Å². The van der Waals surface area contributed by atoms with Gasteiger partial charge in [-0.15, -0.1) is 0 Å². The van der Waals surface area contributed by atoms with Crippen molar-refractivity contribution in [1.29, 1.82) is 0 Å². The van der Waals surface area contributed by atoms with Crippen LogP contribution in [0.25, 0.3) is 11.8 Å². The molecular formula is C15H16Cl2N2. The van der Waals surface area contributed by atoms with Gasteiger partial charge in [0.2, 0.25) is 0 Å². The van der Waals surface area contributed by atoms with Crippen molar-refractivity contribution >= 4 is 35.0 Å². The van der Waals surface area contributed by atoms with Gasteiger partial charge >= 0.3 is 0 Å². The summed E-state index contributed by atoms with van der Waals surface area (Å²) in [6, 6.07) is 5.58. The Morgan fingerprint density at radius 2 is 2.00 bits per heavy atom. The van der Waals surface area contributed by atoms with Gasteiger partial charge in [-0.2, -0.15) is 0 Å². The summed E-state index contributed by atoms with van der Waals surface area (Å²) in [6.07, 6.45) is 7.45. The summed E-state index contributed by atoms with van der Waals surface area (Å²) in [5.74, 6) is 0. The Bertz CT molecular complexity index is 593. The van der Waals surface area contributed by atoms with E-state index in [0.717, 1.165) is 11.1 Å². The molecule has 0 N–H and O–H groups in total. The van der Waals surface area contributed by atoms with Gasteiger partial charge in [-0.3, -0.25) is 0 Å². The van der Waals surface area contributed by atoms with Gasteiger partial charge in [0.1, 0.15) is 0 Å². The van der Waals surface area contributed by atoms with Crippen molar-refractivity contribution in [2.45, 2.75) is 20.8 Å². The van der Waals surface area contributed by atoms with E-state index in [2.05, 4.69) is 25.8 Å². The Morgan fingerprint density at radius 3 is 2.53 bits per heavy atom. The third kappa shape index (κ3) is 3.40. The van der Waals surface area contributed by atoms with Gasteiger partial charge in [0.25, 0.3) is 0 Å². The summed E-state index contributed by atoms with van der Waals surface area (Å²) in [5, 5.41) is 1.30. The van der Waals surface area contributed by atoms with E-state index in [1.54, 1.807) is 18.6 Å². The normalized spacial score (nSPS) is 12.8. The number of hydrogen-bond acceptors (Lipinski definition) is 1. The zero-order chi connectivity index (χ0) is 14.0. The number of benzene rings is 1. The fourth-order valence-electron chi connectivity index (χ4n) is 1.87. The van der Waals surface area contributed by atoms with E-state index in [1.165, 1.54) is 0 Å². The van der Waals surface area contributed by atoms with Crippen molar-refractivity contribution in [2.75, 3.05) is 0 Å². The molecule has 0 radical (unpaired) electrons. The lowest BCUT2D eigenvalue weighted by atomic mass is 9.82. The molecule has 0 saturated heterocycles. The second kappa shape index (κ2) is 5.40. The lowest BCUT2D eigenvalue weighted by Gasteiger charge is -2.24. The van der Waals surface area contributed by atoms with Crippen LogP contribution in [0.2, 0.25) is 10.0 Å². The Balaban J connectivity index is 2.56. The molecule has 100 valence electrons. The van der Waals surface area contributed by atoms with E-state index in [-0.39, 0.29) is 5.41 Å². The molecule has 0 atom stereocenters. The molecule has 0 fully saturated rings. The molecule has 0 saturated carbocycles. The fourth-order valence-corrected chi connectivity index (χ4v) is 2.38. The van der Waals surface area contributed by atoms with Crippen LogP contribution in [0.5, 0.6) is 0 Å². The Hall–Kier alpha value is -1.25. The van der Waals surface area contributed by atoms with Crippen LogP contribution >= 0.6 is 23.2 Å². The van der Waals surface area contributed by atoms with Crippen LogP contribution in [0, 0.1) is 5.41 Å². The predicted octanol–water partition coefficient (Wildman–Crippen LogP) is 5.23. The van der Waals surface area contributed by atoms with E-state index >= 15 is 0 Å². The maximum absolute atomic E-state index is 6.32. The summed E-state index contributed by atoms with van der Waals surface area (Å²) in [6.45, 7) is 6.46. The minimum atomic E-state index is -0.0399. The molecule has 0 aliphatic carbocycles. The lowest BCUT2D eigenvalue weighted by Crippen LogP contribution is -2.09. The van der Waals surface area contributed by atoms with Crippen molar-refractivity contribution in [3.8, 4) is 0 Å². The summed E-state index contributed by atoms with van der Waals surface area (Å²) >= 11 is 12.3. The topological polar surface area (TPSA) is 17.8 Å². The standard InChI is InChI=1S/C15H16Cl2N2/c1-15(2,3)13(9-19-7-6-18-10-19)12-5-4-11(16)8-14(12)17/h4-10H,1-3H3/b13-9-. The van der Waals surface area contributed by atoms with Gasteiger partial charge in [-0.05, 0) is 28.7 Å². The third-order valence-electron chi connectivity index (χ3n) is 2.83. The summed E-state index contributed by atoms with van der Waals surface area (Å²) in [4.78, 5) is 4.05. The van der Waals surface area contributed by atoms with Gasteiger partial charge in [-0.25, -0.2) is 4.98 Å². The number of nitrogens with zero attached hydrogens (tertiary/aromatic N) is 2. The van der Waals surface area contributed by atoms with Crippen molar-refractivity contribution in [3.63, 3.8) is 0 Å². The Labute approximate surface area is 123 Å². The molecule has 1 aromatic carbocycles. The van der Waals surface area contributed by atoms with Crippen LogP contribution in [0.4, 0.5) is 0 Å². The average molecular weight is 295 g/mol. The number of aromatic nitrogens is 2. The molecular weight excluding hydrogens is 279 g/mol. The van der Waals surface area contributed by atoms with Crippen molar-refractivity contribution in [2.24, 2.45) is 5.41 Å². The number of rotatable bonds is 2. The van der Waals surface area contributed by atoms with Crippen molar-refractivity contribution in [1.82, 2.24) is 9.55 Å².